The average Bonchev–Trinajstić information content (AvgIpc) is 2.87. The van der Waals surface area contributed by atoms with Crippen LogP contribution in [0.2, 0.25) is 0 Å². The van der Waals surface area contributed by atoms with Crippen LogP contribution in [0.25, 0.3) is 16.7 Å². The van der Waals surface area contributed by atoms with Gasteiger partial charge in [0.25, 0.3) is 0 Å². The minimum absolute atomic E-state index is 0.0770. The highest BCUT2D eigenvalue weighted by Gasteiger charge is 2.31. The molecule has 0 atom stereocenters. The Balaban J connectivity index is 2.36. The molecule has 0 N–H and O–H groups in total. The fourth-order valence-corrected chi connectivity index (χ4v) is 3.68. The molecule has 0 aliphatic heterocycles. The first-order valence-electron chi connectivity index (χ1n) is 8.82. The fraction of sp³-hybridized carbons (Fsp3) is 0.333. The van der Waals surface area contributed by atoms with Gasteiger partial charge in [-0.25, -0.2) is 0 Å². The fourth-order valence-electron chi connectivity index (χ4n) is 3.68. The maximum Gasteiger partial charge on any atom is -0.0105 e. The van der Waals surface area contributed by atoms with Gasteiger partial charge in [0, 0.05) is 0 Å². The lowest BCUT2D eigenvalue weighted by molar-refractivity contribution is 0.566. The molecule has 0 fully saturated rings. The summed E-state index contributed by atoms with van der Waals surface area (Å²) in [5.74, 6) is 0. The Morgan fingerprint density at radius 3 is 1.75 bits per heavy atom. The third-order valence-electron chi connectivity index (χ3n) is 4.69. The molecule has 0 bridgehead atoms. The molecular formula is C24H28. The summed E-state index contributed by atoms with van der Waals surface area (Å²) in [6.07, 6.45) is 2.43. The van der Waals surface area contributed by atoms with Crippen molar-refractivity contribution < 1.29 is 0 Å². The van der Waals surface area contributed by atoms with Crippen LogP contribution in [-0.4, -0.2) is 0 Å². The summed E-state index contributed by atoms with van der Waals surface area (Å²) in [6.45, 7) is 13.9. The van der Waals surface area contributed by atoms with Crippen molar-refractivity contribution >= 4 is 16.7 Å². The van der Waals surface area contributed by atoms with Crippen LogP contribution in [0.4, 0.5) is 0 Å². The predicted octanol–water partition coefficient (Wildman–Crippen LogP) is 7.09. The zero-order valence-electron chi connectivity index (χ0n) is 15.8. The van der Waals surface area contributed by atoms with E-state index in [1.807, 2.05) is 0 Å². The summed E-state index contributed by atoms with van der Waals surface area (Å²) in [5, 5.41) is 0. The van der Waals surface area contributed by atoms with Crippen molar-refractivity contribution in [2.45, 2.75) is 41.5 Å². The molecule has 2 aromatic carbocycles. The first-order chi connectivity index (χ1) is 11.2. The summed E-state index contributed by atoms with van der Waals surface area (Å²) in [6, 6.07) is 19.7. The second-order valence-electron chi connectivity index (χ2n) is 8.76. The molecule has 0 aromatic heterocycles. The van der Waals surface area contributed by atoms with E-state index in [9.17, 15) is 0 Å². The molecule has 0 radical (unpaired) electrons. The van der Waals surface area contributed by atoms with E-state index in [2.05, 4.69) is 102 Å². The topological polar surface area (TPSA) is 0 Å². The van der Waals surface area contributed by atoms with E-state index in [1.165, 1.54) is 33.4 Å². The summed E-state index contributed by atoms with van der Waals surface area (Å²) in [4.78, 5) is 0. The normalized spacial score (nSPS) is 16.7. The van der Waals surface area contributed by atoms with E-state index >= 15 is 0 Å². The SMILES string of the molecule is CC(C)(C)C1=C/C(=C(/c2ccccc2)C(C)(C)C)c2ccccc21. The quantitative estimate of drug-likeness (QED) is 0.527. The van der Waals surface area contributed by atoms with E-state index in [1.54, 1.807) is 0 Å². The van der Waals surface area contributed by atoms with E-state index < -0.39 is 0 Å². The summed E-state index contributed by atoms with van der Waals surface area (Å²) >= 11 is 0. The number of fused-ring (bicyclic) bond motifs is 1. The van der Waals surface area contributed by atoms with Gasteiger partial charge in [-0.05, 0) is 50.3 Å². The van der Waals surface area contributed by atoms with Crippen LogP contribution in [0.1, 0.15) is 58.2 Å². The predicted molar refractivity (Wildman–Crippen MR) is 107 cm³/mol. The van der Waals surface area contributed by atoms with Gasteiger partial charge in [-0.15, -0.1) is 0 Å². The third kappa shape index (κ3) is 2.98. The first kappa shape index (κ1) is 16.8. The molecule has 3 rings (SSSR count). The molecular weight excluding hydrogens is 288 g/mol. The maximum atomic E-state index is 2.43. The molecule has 0 amide bonds. The minimum atomic E-state index is 0.0770. The average molecular weight is 316 g/mol. The van der Waals surface area contributed by atoms with Crippen molar-refractivity contribution in [1.82, 2.24) is 0 Å². The monoisotopic (exact) mass is 316 g/mol. The van der Waals surface area contributed by atoms with E-state index in [-0.39, 0.29) is 10.8 Å². The number of allylic oxidation sites excluding steroid dienone is 4. The van der Waals surface area contributed by atoms with Gasteiger partial charge in [0.1, 0.15) is 0 Å². The van der Waals surface area contributed by atoms with Crippen LogP contribution in [-0.2, 0) is 0 Å². The molecule has 0 saturated carbocycles. The Kier molecular flexibility index (Phi) is 4.03. The van der Waals surface area contributed by atoms with Gasteiger partial charge in [-0.3, -0.25) is 0 Å². The number of hydrogen-bond donors (Lipinski definition) is 0. The zero-order valence-corrected chi connectivity index (χ0v) is 15.8. The Hall–Kier alpha value is -2.08. The highest BCUT2D eigenvalue weighted by molar-refractivity contribution is 6.07. The van der Waals surface area contributed by atoms with E-state index in [0.717, 1.165) is 0 Å². The van der Waals surface area contributed by atoms with Gasteiger partial charge >= 0.3 is 0 Å². The van der Waals surface area contributed by atoms with Gasteiger partial charge in [-0.1, -0.05) is 96.1 Å². The number of benzene rings is 2. The molecule has 0 saturated heterocycles. The maximum absolute atomic E-state index is 2.43. The Morgan fingerprint density at radius 1 is 0.667 bits per heavy atom. The van der Waals surface area contributed by atoms with Crippen molar-refractivity contribution in [3.63, 3.8) is 0 Å². The van der Waals surface area contributed by atoms with Gasteiger partial charge in [0.2, 0.25) is 0 Å². The second-order valence-corrected chi connectivity index (χ2v) is 8.76. The minimum Gasteiger partial charge on any atom is -0.0622 e. The molecule has 24 heavy (non-hydrogen) atoms. The van der Waals surface area contributed by atoms with Crippen LogP contribution in [0.15, 0.2) is 60.7 Å². The van der Waals surface area contributed by atoms with Gasteiger partial charge in [0.05, 0.1) is 0 Å². The Morgan fingerprint density at radius 2 is 1.21 bits per heavy atom. The summed E-state index contributed by atoms with van der Waals surface area (Å²) < 4.78 is 0. The third-order valence-corrected chi connectivity index (χ3v) is 4.69. The van der Waals surface area contributed by atoms with Crippen molar-refractivity contribution in [2.75, 3.05) is 0 Å². The molecule has 0 nitrogen and oxygen atoms in total. The highest BCUT2D eigenvalue weighted by Crippen LogP contribution is 2.49. The van der Waals surface area contributed by atoms with E-state index in [0.29, 0.717) is 0 Å². The second kappa shape index (κ2) is 5.77. The number of hydrogen-bond acceptors (Lipinski definition) is 0. The molecule has 0 unspecified atom stereocenters. The van der Waals surface area contributed by atoms with Crippen LogP contribution < -0.4 is 0 Å². The molecule has 1 aliphatic carbocycles. The van der Waals surface area contributed by atoms with Crippen molar-refractivity contribution in [1.29, 1.82) is 0 Å². The molecule has 2 aromatic rings. The smallest absolute Gasteiger partial charge is 0.0105 e. The number of rotatable bonds is 1. The molecule has 1 aliphatic rings. The summed E-state index contributed by atoms with van der Waals surface area (Å²) in [7, 11) is 0. The Bertz CT molecular complexity index is 803. The Labute approximate surface area is 146 Å². The van der Waals surface area contributed by atoms with Crippen molar-refractivity contribution in [3.8, 4) is 0 Å². The summed E-state index contributed by atoms with van der Waals surface area (Å²) in [5.41, 5.74) is 8.54. The molecule has 0 heterocycles. The van der Waals surface area contributed by atoms with Crippen LogP contribution in [0, 0.1) is 10.8 Å². The van der Waals surface area contributed by atoms with Crippen molar-refractivity contribution in [3.05, 3.63) is 77.4 Å². The lowest BCUT2D eigenvalue weighted by Crippen LogP contribution is -2.10. The largest absolute Gasteiger partial charge is 0.0622 e. The van der Waals surface area contributed by atoms with E-state index in [4.69, 9.17) is 0 Å². The molecule has 124 valence electrons. The molecule has 0 spiro atoms. The first-order valence-corrected chi connectivity index (χ1v) is 8.82. The van der Waals surface area contributed by atoms with Crippen LogP contribution >= 0.6 is 0 Å². The van der Waals surface area contributed by atoms with Gasteiger partial charge in [0.15, 0.2) is 0 Å². The molecule has 0 heteroatoms. The van der Waals surface area contributed by atoms with Crippen molar-refractivity contribution in [2.24, 2.45) is 10.8 Å². The highest BCUT2D eigenvalue weighted by atomic mass is 14.3. The lowest BCUT2D eigenvalue weighted by atomic mass is 9.78. The lowest BCUT2D eigenvalue weighted by Gasteiger charge is -2.26. The van der Waals surface area contributed by atoms with Gasteiger partial charge in [-0.2, -0.15) is 0 Å². The zero-order chi connectivity index (χ0) is 17.5. The standard InChI is InChI=1S/C24H28/c1-23(2,3)21-16-20(18-14-10-11-15-19(18)21)22(24(4,5)6)17-12-8-7-9-13-17/h7-16H,1-6H3/b22-20+. The van der Waals surface area contributed by atoms with Gasteiger partial charge < -0.3 is 0 Å². The van der Waals surface area contributed by atoms with Crippen LogP contribution in [0.5, 0.6) is 0 Å². The van der Waals surface area contributed by atoms with Crippen LogP contribution in [0.3, 0.4) is 0 Å².